The summed E-state index contributed by atoms with van der Waals surface area (Å²) in [5.74, 6) is -0.423. The molecule has 0 atom stereocenters. The highest BCUT2D eigenvalue weighted by Gasteiger charge is 2.27. The SMILES string of the molecule is CCc1nccc(C)c1-c1cccc2c(CCCOc3cccc4ccccc34)c(C(=O)O)n(CC(=O)N(C)C)c12. The molecule has 0 saturated heterocycles. The molecule has 0 bridgehead atoms. The standard InChI is InChI=1S/C34H35N3O4/c1-5-28-31(22(2)18-19-35-28)27-15-9-14-25-26(33(34(39)40)37(32(25)27)21-30(38)36(3)4)16-10-20-41-29-17-8-12-23-11-6-7-13-24(23)29/h6-9,11-15,17-19H,5,10,16,20-21H2,1-4H3,(H,39,40). The van der Waals surface area contributed by atoms with E-state index in [0.29, 0.717) is 25.0 Å². The normalized spacial score (nSPS) is 11.2. The van der Waals surface area contributed by atoms with E-state index in [-0.39, 0.29) is 18.1 Å². The Morgan fingerprint density at radius 1 is 0.976 bits per heavy atom. The van der Waals surface area contributed by atoms with Gasteiger partial charge in [0.25, 0.3) is 0 Å². The molecule has 1 N–H and O–H groups in total. The van der Waals surface area contributed by atoms with Crippen molar-refractivity contribution >= 4 is 33.6 Å². The summed E-state index contributed by atoms with van der Waals surface area (Å²) in [4.78, 5) is 31.9. The van der Waals surface area contributed by atoms with Gasteiger partial charge < -0.3 is 19.3 Å². The molecule has 41 heavy (non-hydrogen) atoms. The molecule has 0 spiro atoms. The van der Waals surface area contributed by atoms with Crippen LogP contribution in [0.2, 0.25) is 0 Å². The highest BCUT2D eigenvalue weighted by atomic mass is 16.5. The molecule has 3 aromatic carbocycles. The van der Waals surface area contributed by atoms with Crippen LogP contribution in [0.25, 0.3) is 32.8 Å². The van der Waals surface area contributed by atoms with Crippen LogP contribution in [0, 0.1) is 6.92 Å². The monoisotopic (exact) mass is 549 g/mol. The van der Waals surface area contributed by atoms with Crippen LogP contribution in [0.1, 0.15) is 40.7 Å². The zero-order valence-corrected chi connectivity index (χ0v) is 24.0. The van der Waals surface area contributed by atoms with Gasteiger partial charge in [-0.05, 0) is 54.8 Å². The molecule has 0 saturated carbocycles. The Morgan fingerprint density at radius 3 is 2.46 bits per heavy atom. The molecule has 0 unspecified atom stereocenters. The van der Waals surface area contributed by atoms with E-state index >= 15 is 0 Å². The first-order valence-corrected chi connectivity index (χ1v) is 13.9. The maximum atomic E-state index is 13.0. The van der Waals surface area contributed by atoms with Gasteiger partial charge in [0, 0.05) is 47.9 Å². The lowest BCUT2D eigenvalue weighted by Crippen LogP contribution is -2.27. The number of carbonyl (C=O) groups is 2. The number of aromatic carboxylic acids is 1. The second kappa shape index (κ2) is 11.8. The number of amides is 1. The van der Waals surface area contributed by atoms with Crippen molar-refractivity contribution in [2.45, 2.75) is 39.7 Å². The molecular formula is C34H35N3O4. The van der Waals surface area contributed by atoms with Crippen molar-refractivity contribution in [1.82, 2.24) is 14.5 Å². The van der Waals surface area contributed by atoms with E-state index in [2.05, 4.69) is 24.0 Å². The topological polar surface area (TPSA) is 84.7 Å². The van der Waals surface area contributed by atoms with Gasteiger partial charge in [-0.3, -0.25) is 9.78 Å². The highest BCUT2D eigenvalue weighted by molar-refractivity contribution is 6.05. The number of hydrogen-bond donors (Lipinski definition) is 1. The van der Waals surface area contributed by atoms with Crippen LogP contribution < -0.4 is 4.74 Å². The van der Waals surface area contributed by atoms with E-state index in [1.165, 1.54) is 4.90 Å². The van der Waals surface area contributed by atoms with E-state index in [4.69, 9.17) is 4.74 Å². The lowest BCUT2D eigenvalue weighted by atomic mass is 9.95. The number of carbonyl (C=O) groups excluding carboxylic acids is 1. The van der Waals surface area contributed by atoms with Gasteiger partial charge >= 0.3 is 5.97 Å². The van der Waals surface area contributed by atoms with Crippen LogP contribution in [-0.4, -0.2) is 52.1 Å². The summed E-state index contributed by atoms with van der Waals surface area (Å²) in [6.45, 7) is 4.45. The molecule has 7 heteroatoms. The van der Waals surface area contributed by atoms with Crippen LogP contribution in [-0.2, 0) is 24.2 Å². The predicted molar refractivity (Wildman–Crippen MR) is 163 cm³/mol. The number of para-hydroxylation sites is 1. The van der Waals surface area contributed by atoms with E-state index < -0.39 is 5.97 Å². The van der Waals surface area contributed by atoms with E-state index in [1.54, 1.807) is 24.9 Å². The van der Waals surface area contributed by atoms with E-state index in [1.807, 2.05) is 61.5 Å². The van der Waals surface area contributed by atoms with E-state index in [0.717, 1.165) is 56.2 Å². The van der Waals surface area contributed by atoms with Crippen LogP contribution >= 0.6 is 0 Å². The number of pyridine rings is 1. The Kier molecular flexibility index (Phi) is 8.06. The molecule has 0 aliphatic carbocycles. The third-order valence-corrected chi connectivity index (χ3v) is 7.60. The average Bonchev–Trinajstić information content (AvgIpc) is 3.28. The molecule has 0 aliphatic heterocycles. The first kappa shape index (κ1) is 27.9. The maximum absolute atomic E-state index is 13.0. The van der Waals surface area contributed by atoms with Crippen molar-refractivity contribution in [3.05, 3.63) is 95.4 Å². The Balaban J connectivity index is 1.58. The summed E-state index contributed by atoms with van der Waals surface area (Å²) in [6, 6.07) is 22.0. The second-order valence-corrected chi connectivity index (χ2v) is 10.4. The van der Waals surface area contributed by atoms with E-state index in [9.17, 15) is 14.7 Å². The maximum Gasteiger partial charge on any atom is 0.352 e. The summed E-state index contributed by atoms with van der Waals surface area (Å²) < 4.78 is 7.85. The van der Waals surface area contributed by atoms with Crippen molar-refractivity contribution in [2.75, 3.05) is 20.7 Å². The molecule has 0 radical (unpaired) electrons. The molecule has 2 heterocycles. The van der Waals surface area contributed by atoms with Gasteiger partial charge in [-0.25, -0.2) is 4.79 Å². The number of aromatic nitrogens is 2. The number of aryl methyl sites for hydroxylation is 3. The molecule has 1 amide bonds. The number of nitrogens with zero attached hydrogens (tertiary/aromatic N) is 3. The summed E-state index contributed by atoms with van der Waals surface area (Å²) in [7, 11) is 3.36. The number of benzene rings is 3. The number of fused-ring (bicyclic) bond motifs is 2. The average molecular weight is 550 g/mol. The number of carboxylic acids is 1. The Morgan fingerprint density at radius 2 is 1.71 bits per heavy atom. The zero-order valence-electron chi connectivity index (χ0n) is 24.0. The van der Waals surface area contributed by atoms with Gasteiger partial charge in [0.15, 0.2) is 0 Å². The molecule has 0 aliphatic rings. The fraction of sp³-hybridized carbons (Fsp3) is 0.265. The molecular weight excluding hydrogens is 514 g/mol. The van der Waals surface area contributed by atoms with Crippen molar-refractivity contribution in [3.8, 4) is 16.9 Å². The minimum atomic E-state index is -1.05. The summed E-state index contributed by atoms with van der Waals surface area (Å²) in [6.07, 6.45) is 3.63. The van der Waals surface area contributed by atoms with Crippen LogP contribution in [0.4, 0.5) is 0 Å². The van der Waals surface area contributed by atoms with Gasteiger partial charge in [0.05, 0.1) is 12.1 Å². The van der Waals surface area contributed by atoms with Crippen molar-refractivity contribution in [1.29, 1.82) is 0 Å². The zero-order chi connectivity index (χ0) is 29.1. The fourth-order valence-electron chi connectivity index (χ4n) is 5.62. The highest BCUT2D eigenvalue weighted by Crippen LogP contribution is 2.38. The summed E-state index contributed by atoms with van der Waals surface area (Å²) in [5.41, 5.74) is 5.46. The Bertz CT molecular complexity index is 1750. The fourth-order valence-corrected chi connectivity index (χ4v) is 5.62. The largest absolute Gasteiger partial charge is 0.493 e. The van der Waals surface area contributed by atoms with Crippen molar-refractivity contribution in [3.63, 3.8) is 0 Å². The second-order valence-electron chi connectivity index (χ2n) is 10.4. The minimum Gasteiger partial charge on any atom is -0.493 e. The summed E-state index contributed by atoms with van der Waals surface area (Å²) in [5, 5.41) is 13.5. The number of hydrogen-bond acceptors (Lipinski definition) is 4. The third kappa shape index (κ3) is 5.40. The third-order valence-electron chi connectivity index (χ3n) is 7.60. The molecule has 5 aromatic rings. The van der Waals surface area contributed by atoms with Gasteiger partial charge in [-0.1, -0.05) is 61.5 Å². The Hall–Kier alpha value is -4.65. The molecule has 5 rings (SSSR count). The first-order chi connectivity index (χ1) is 19.8. The molecule has 2 aromatic heterocycles. The number of rotatable bonds is 10. The smallest absolute Gasteiger partial charge is 0.352 e. The lowest BCUT2D eigenvalue weighted by molar-refractivity contribution is -0.129. The first-order valence-electron chi connectivity index (χ1n) is 13.9. The van der Waals surface area contributed by atoms with Crippen molar-refractivity contribution in [2.24, 2.45) is 0 Å². The van der Waals surface area contributed by atoms with Gasteiger partial charge in [0.2, 0.25) is 5.91 Å². The molecule has 0 fully saturated rings. The lowest BCUT2D eigenvalue weighted by Gasteiger charge is -2.17. The van der Waals surface area contributed by atoms with Gasteiger partial charge in [-0.2, -0.15) is 0 Å². The van der Waals surface area contributed by atoms with Crippen LogP contribution in [0.5, 0.6) is 5.75 Å². The van der Waals surface area contributed by atoms with Gasteiger partial charge in [0.1, 0.15) is 18.0 Å². The van der Waals surface area contributed by atoms with Crippen LogP contribution in [0.15, 0.2) is 72.9 Å². The van der Waals surface area contributed by atoms with Gasteiger partial charge in [-0.15, -0.1) is 0 Å². The molecule has 210 valence electrons. The number of likely N-dealkylation sites (N-methyl/N-ethyl adjacent to an activating group) is 1. The Labute approximate surface area is 240 Å². The van der Waals surface area contributed by atoms with Crippen molar-refractivity contribution < 1.29 is 19.4 Å². The number of ether oxygens (including phenoxy) is 1. The molecule has 7 nitrogen and oxygen atoms in total. The predicted octanol–water partition coefficient (Wildman–Crippen LogP) is 6.53. The number of carboxylic acid groups (broad SMARTS) is 1. The van der Waals surface area contributed by atoms with Crippen LogP contribution in [0.3, 0.4) is 0 Å². The quantitative estimate of drug-likeness (QED) is 0.200. The summed E-state index contributed by atoms with van der Waals surface area (Å²) >= 11 is 0. The minimum absolute atomic E-state index is 0.0740.